The van der Waals surface area contributed by atoms with Gasteiger partial charge < -0.3 is 60.2 Å². The fourth-order valence-electron chi connectivity index (χ4n) is 26.6. The molecule has 9 N–H and O–H groups in total. The second-order valence-corrected chi connectivity index (χ2v) is 30.9. The Bertz CT molecular complexity index is 7620. The van der Waals surface area contributed by atoms with Crippen LogP contribution in [0, 0.1) is 17.8 Å². The first-order valence-corrected chi connectivity index (χ1v) is 32.8. The molecule has 4 fully saturated rings. The lowest BCUT2D eigenvalue weighted by Gasteiger charge is -2.80. The van der Waals surface area contributed by atoms with Crippen molar-refractivity contribution in [2.24, 2.45) is 17.8 Å². The number of phenols is 2. The van der Waals surface area contributed by atoms with Crippen LogP contribution in [0.5, 0.6) is 11.5 Å². The van der Waals surface area contributed by atoms with E-state index in [0.29, 0.717) is 186 Å². The number of benzene rings is 12. The first kappa shape index (κ1) is 47.3. The fraction of sp³-hybridized carbons (Fsp3) is 0.148. The summed E-state index contributed by atoms with van der Waals surface area (Å²) < 4.78 is 23.3. The van der Waals surface area contributed by atoms with Crippen LogP contribution >= 0.6 is 0 Å². The maximum absolute atomic E-state index is 16.4. The van der Waals surface area contributed by atoms with E-state index in [1.54, 1.807) is 48.5 Å². The van der Waals surface area contributed by atoms with Crippen molar-refractivity contribution >= 4 is 178 Å². The van der Waals surface area contributed by atoms with Gasteiger partial charge in [0.2, 0.25) is 0 Å². The van der Waals surface area contributed by atoms with Gasteiger partial charge >= 0.3 is 29.8 Å². The van der Waals surface area contributed by atoms with Crippen LogP contribution in [0.1, 0.15) is 98.2 Å². The van der Waals surface area contributed by atoms with Gasteiger partial charge in [-0.15, -0.1) is 0 Å². The van der Waals surface area contributed by atoms with Crippen LogP contribution in [0.4, 0.5) is 0 Å². The Morgan fingerprint density at radius 2 is 1.23 bits per heavy atom. The molecule has 12 aromatic carbocycles. The Labute approximate surface area is 540 Å². The predicted molar refractivity (Wildman–Crippen MR) is 348 cm³/mol. The molecular weight excluding hydrogens is 1240 g/mol. The van der Waals surface area contributed by atoms with Crippen LogP contribution < -0.4 is 20.9 Å². The number of aromatic carboxylic acids is 3. The number of carboxylic acid groups (broad SMARTS) is 5. The van der Waals surface area contributed by atoms with Crippen LogP contribution in [-0.2, 0) is 57.4 Å². The second kappa shape index (κ2) is 12.2. The monoisotopic (exact) mass is 1270 g/mol. The van der Waals surface area contributed by atoms with Gasteiger partial charge in [0.05, 0.1) is 34.1 Å². The molecule has 0 aromatic heterocycles. The number of allylic oxidation sites excluding steroid dienone is 1. The number of aromatic hydroxyl groups is 2. The molecule has 15 aliphatic carbocycles. The lowest BCUT2D eigenvalue weighted by atomic mass is 9.32. The Morgan fingerprint density at radius 1 is 0.510 bits per heavy atom. The van der Waals surface area contributed by atoms with E-state index in [-0.39, 0.29) is 76.9 Å². The molecule has 5 spiro atoms. The van der Waals surface area contributed by atoms with Crippen molar-refractivity contribution in [3.63, 3.8) is 0 Å². The second-order valence-electron chi connectivity index (χ2n) is 30.9. The summed E-state index contributed by atoms with van der Waals surface area (Å²) in [5.74, 6) is -11.4. The van der Waals surface area contributed by atoms with Crippen molar-refractivity contribution in [1.82, 2.24) is 0 Å². The molecule has 0 radical (unpaired) electrons. The fourth-order valence-corrected chi connectivity index (χ4v) is 26.6. The summed E-state index contributed by atoms with van der Waals surface area (Å²) in [5.41, 5.74) is -3.35. The highest BCUT2D eigenvalue weighted by atomic mass is 16.6. The van der Waals surface area contributed by atoms with Crippen molar-refractivity contribution in [2.45, 2.75) is 51.2 Å². The van der Waals surface area contributed by atoms with E-state index in [2.05, 4.69) is 0 Å². The molecule has 2 bridgehead atoms. The molecule has 12 atom stereocenters. The van der Waals surface area contributed by atoms with Gasteiger partial charge in [-0.2, -0.15) is 0 Å². The minimum absolute atomic E-state index is 0.0876. The van der Waals surface area contributed by atoms with Gasteiger partial charge in [-0.1, -0.05) is 36.4 Å². The van der Waals surface area contributed by atoms with E-state index in [0.717, 1.165) is 0 Å². The van der Waals surface area contributed by atoms with Gasteiger partial charge in [-0.3, -0.25) is 4.79 Å². The molecule has 98 heavy (non-hydrogen) atoms. The van der Waals surface area contributed by atoms with E-state index < -0.39 is 98.8 Å². The van der Waals surface area contributed by atoms with Gasteiger partial charge in [0.25, 0.3) is 0 Å². The Balaban J connectivity index is 0.968. The highest BCUT2D eigenvalue weighted by Crippen LogP contribution is 2.90. The number of aliphatic carboxylic acids is 2. The average Bonchev–Trinajstić information content (AvgIpc) is 0.854. The number of epoxide rings is 2. The van der Waals surface area contributed by atoms with E-state index >= 15 is 10.2 Å². The van der Waals surface area contributed by atoms with Crippen molar-refractivity contribution < 1.29 is 84.1 Å². The standard InChI is InChI=1S/C81H30O17/c82-66-31-12-23(70(86)87)8-19-13-36-25-3-4-37-78(96-37)58(25)65-43-30(59(78)73(92)93)10-18-6-20-9-21-5-17-7-22(69(84)85)11-28-35-16-27(71(88)89)24-1-2-26-41(72(90)91)29-14-33-44-49-42-32(67(33)83)15-34(66)45-50(42)64(81(65)80(36,98-81)63(45)39(19)31)52-48(43)40(18)53-55(20)75(94)56(21)54(38(17)28)68-77(35)57(24)46(26)62-47(29)60(44)76(95,61(53)51(49)52)74(75)79(62,68)97-77/h1-16,37,56,59,68,74,82-83,94-95H,(H,84,85)(H,86,87)(H,88,89)(H,90,91)(H,92,93). The quantitative estimate of drug-likeness (QED) is 0.0446. The molecule has 3 saturated heterocycles. The molecule has 30 rings (SSSR count). The maximum atomic E-state index is 16.4. The number of aliphatic hydroxyl groups is 2. The molecule has 1 saturated carbocycles. The van der Waals surface area contributed by atoms with Crippen LogP contribution in [0.25, 0.3) is 148 Å². The number of carbonyl (C=O) groups is 5. The predicted octanol–water partition coefficient (Wildman–Crippen LogP) is 8.11. The van der Waals surface area contributed by atoms with Gasteiger partial charge in [0.1, 0.15) is 51.5 Å². The Kier molecular flexibility index (Phi) is 5.89. The smallest absolute Gasteiger partial charge is 0.336 e. The lowest BCUT2D eigenvalue weighted by molar-refractivity contribution is -0.383. The minimum atomic E-state index is -2.42. The van der Waals surface area contributed by atoms with Crippen LogP contribution in [0.15, 0.2) is 101 Å². The zero-order valence-electron chi connectivity index (χ0n) is 49.4. The molecule has 456 valence electrons. The first-order chi connectivity index (χ1) is 47.3. The molecule has 12 aromatic rings. The maximum Gasteiger partial charge on any atom is 0.336 e. The number of ether oxygens (including phenoxy) is 3. The molecule has 18 aliphatic rings. The topological polar surface area (TPSA) is 302 Å². The van der Waals surface area contributed by atoms with Crippen LogP contribution in [0.2, 0.25) is 0 Å². The van der Waals surface area contributed by atoms with Gasteiger partial charge in [0, 0.05) is 99.3 Å². The summed E-state index contributed by atoms with van der Waals surface area (Å²) in [6.45, 7) is 0. The van der Waals surface area contributed by atoms with E-state index in [4.69, 9.17) is 14.2 Å². The number of phenolic OH excluding ortho intramolecular Hbond substituents is 2. The van der Waals surface area contributed by atoms with E-state index in [9.17, 15) is 59.7 Å². The highest BCUT2D eigenvalue weighted by molar-refractivity contribution is 6.48. The summed E-state index contributed by atoms with van der Waals surface area (Å²) in [7, 11) is 0. The molecule has 12 unspecified atom stereocenters. The largest absolute Gasteiger partial charge is 0.507 e. The SMILES string of the molecule is O=C(O)C1=c2ccc3c(C(=O)O)c4cc5c(O)c6cc7c(O)c8cc(C(=O)O)cc9c8c8c7c7c%10c%11c%12c%13c%14c%15c(cc%16cc%17c(c%11c%16%14)=C%11C%14=C(C=CC%16OC%14%16C%17C(=O)O)C(=C9)C89OC%11%109)C=C8C=c9cc(C(=O)O)cc%10c9=C9C8C%15(O)C8C%13(O)c(c4c4c3c2C2(OC48C92)C%10=C1)c5c%12c67. The summed E-state index contributed by atoms with van der Waals surface area (Å²) in [6.07, 6.45) is 10.6. The van der Waals surface area contributed by atoms with Gasteiger partial charge in [-0.25, -0.2) is 19.2 Å². The van der Waals surface area contributed by atoms with Crippen LogP contribution in [-0.4, -0.2) is 87.5 Å². The third-order valence-electron chi connectivity index (χ3n) is 28.5. The number of hydrogen-bond acceptors (Lipinski definition) is 12. The summed E-state index contributed by atoms with van der Waals surface area (Å²) in [4.78, 5) is 70.9. The minimum Gasteiger partial charge on any atom is -0.507 e. The highest BCUT2D eigenvalue weighted by Gasteiger charge is 2.90. The number of carboxylic acids is 5. The number of rotatable bonds is 5. The zero-order chi connectivity index (χ0) is 64.4. The molecular formula is C81H30O17. The molecule has 17 nitrogen and oxygen atoms in total. The van der Waals surface area contributed by atoms with Crippen molar-refractivity contribution in [3.05, 3.63) is 200 Å². The molecule has 3 aliphatic heterocycles. The van der Waals surface area contributed by atoms with Crippen molar-refractivity contribution in [2.75, 3.05) is 0 Å². The average molecular weight is 1280 g/mol. The Hall–Kier alpha value is -11.6. The summed E-state index contributed by atoms with van der Waals surface area (Å²) in [5, 5.41) is 128. The first-order valence-electron chi connectivity index (χ1n) is 32.8. The Morgan fingerprint density at radius 3 is 2.02 bits per heavy atom. The number of fused-ring (bicyclic) bond motifs is 2. The van der Waals surface area contributed by atoms with Gasteiger partial charge in [0.15, 0.2) is 11.2 Å². The van der Waals surface area contributed by atoms with E-state index in [1.807, 2.05) is 42.5 Å². The molecule has 0 amide bonds. The van der Waals surface area contributed by atoms with Crippen LogP contribution in [0.3, 0.4) is 0 Å². The van der Waals surface area contributed by atoms with Gasteiger partial charge in [-0.05, 0) is 196 Å². The molecule has 3 heterocycles. The zero-order valence-corrected chi connectivity index (χ0v) is 49.4. The van der Waals surface area contributed by atoms with Crippen molar-refractivity contribution in [3.8, 4) is 11.5 Å². The molecule has 17 heteroatoms. The summed E-state index contributed by atoms with van der Waals surface area (Å²) in [6, 6.07) is 16.8. The number of hydrogen-bond donors (Lipinski definition) is 9. The normalized spacial score (nSPS) is 33.3. The lowest BCUT2D eigenvalue weighted by Crippen LogP contribution is -2.84. The van der Waals surface area contributed by atoms with E-state index in [1.165, 1.54) is 6.07 Å². The summed E-state index contributed by atoms with van der Waals surface area (Å²) >= 11 is 0. The third-order valence-corrected chi connectivity index (χ3v) is 28.5. The third kappa shape index (κ3) is 3.49. The van der Waals surface area contributed by atoms with Crippen molar-refractivity contribution in [1.29, 1.82) is 0 Å².